The fraction of sp³-hybridized carbons (Fsp3) is 0.143. The Balaban J connectivity index is 1.51. The first-order valence-corrected chi connectivity index (χ1v) is 11.1. The molecule has 0 amide bonds. The molecule has 0 bridgehead atoms. The van der Waals surface area contributed by atoms with Crippen molar-refractivity contribution in [1.82, 2.24) is 9.97 Å². The molecule has 0 saturated carbocycles. The van der Waals surface area contributed by atoms with E-state index in [-0.39, 0.29) is 0 Å². The van der Waals surface area contributed by atoms with Crippen LogP contribution in [0.1, 0.15) is 5.56 Å². The SMILES string of the molecule is COc1ccc(CCNc2ncnc3oc(-c4ccccc4)c(-c4ccccc4)c23)cc1OC. The van der Waals surface area contributed by atoms with Crippen LogP contribution in [0.25, 0.3) is 33.6 Å². The molecule has 34 heavy (non-hydrogen) atoms. The number of furan rings is 1. The van der Waals surface area contributed by atoms with Crippen LogP contribution >= 0.6 is 0 Å². The van der Waals surface area contributed by atoms with Gasteiger partial charge in [-0.1, -0.05) is 66.7 Å². The molecule has 0 aliphatic rings. The first kappa shape index (κ1) is 21.5. The highest BCUT2D eigenvalue weighted by atomic mass is 16.5. The monoisotopic (exact) mass is 451 g/mol. The predicted molar refractivity (Wildman–Crippen MR) is 134 cm³/mol. The maximum absolute atomic E-state index is 6.28. The van der Waals surface area contributed by atoms with E-state index in [2.05, 4.69) is 27.4 Å². The van der Waals surface area contributed by atoms with Crippen molar-refractivity contribution in [3.05, 3.63) is 90.8 Å². The van der Waals surface area contributed by atoms with Gasteiger partial charge in [-0.25, -0.2) is 9.97 Å². The number of nitrogens with one attached hydrogen (secondary N) is 1. The van der Waals surface area contributed by atoms with Gasteiger partial charge >= 0.3 is 0 Å². The van der Waals surface area contributed by atoms with Gasteiger partial charge in [0, 0.05) is 17.7 Å². The van der Waals surface area contributed by atoms with Gasteiger partial charge in [-0.2, -0.15) is 0 Å². The number of methoxy groups -OCH3 is 2. The minimum atomic E-state index is 0.557. The van der Waals surface area contributed by atoms with E-state index in [4.69, 9.17) is 13.9 Å². The largest absolute Gasteiger partial charge is 0.493 e. The van der Waals surface area contributed by atoms with Crippen LogP contribution in [0.5, 0.6) is 11.5 Å². The first-order chi connectivity index (χ1) is 16.8. The Morgan fingerprint density at radius 3 is 2.21 bits per heavy atom. The van der Waals surface area contributed by atoms with Crippen LogP contribution in [0.4, 0.5) is 5.82 Å². The average molecular weight is 452 g/mol. The van der Waals surface area contributed by atoms with Gasteiger partial charge in [-0.05, 0) is 29.7 Å². The number of hydrogen-bond donors (Lipinski definition) is 1. The summed E-state index contributed by atoms with van der Waals surface area (Å²) in [5.74, 6) is 2.97. The topological polar surface area (TPSA) is 69.4 Å². The highest BCUT2D eigenvalue weighted by molar-refractivity contribution is 6.05. The molecular weight excluding hydrogens is 426 g/mol. The van der Waals surface area contributed by atoms with Gasteiger partial charge in [0.05, 0.1) is 19.6 Å². The summed E-state index contributed by atoms with van der Waals surface area (Å²) >= 11 is 0. The fourth-order valence-electron chi connectivity index (χ4n) is 4.10. The third-order valence-electron chi connectivity index (χ3n) is 5.74. The third kappa shape index (κ3) is 4.18. The summed E-state index contributed by atoms with van der Waals surface area (Å²) in [6.45, 7) is 0.682. The van der Waals surface area contributed by atoms with E-state index in [1.165, 1.54) is 6.33 Å². The second kappa shape index (κ2) is 9.67. The molecule has 0 aliphatic heterocycles. The zero-order chi connectivity index (χ0) is 23.3. The zero-order valence-electron chi connectivity index (χ0n) is 19.1. The summed E-state index contributed by atoms with van der Waals surface area (Å²) in [4.78, 5) is 9.00. The van der Waals surface area contributed by atoms with Gasteiger partial charge < -0.3 is 19.2 Å². The normalized spacial score (nSPS) is 10.9. The Morgan fingerprint density at radius 2 is 1.50 bits per heavy atom. The second-order valence-electron chi connectivity index (χ2n) is 7.81. The number of anilines is 1. The average Bonchev–Trinajstić information content (AvgIpc) is 3.30. The van der Waals surface area contributed by atoms with Crippen molar-refractivity contribution in [1.29, 1.82) is 0 Å². The summed E-state index contributed by atoms with van der Waals surface area (Å²) in [5, 5.41) is 4.37. The minimum Gasteiger partial charge on any atom is -0.493 e. The molecular formula is C28H25N3O3. The molecule has 0 spiro atoms. The molecule has 6 heteroatoms. The third-order valence-corrected chi connectivity index (χ3v) is 5.74. The molecule has 0 saturated heterocycles. The zero-order valence-corrected chi connectivity index (χ0v) is 19.1. The van der Waals surface area contributed by atoms with Gasteiger partial charge in [-0.3, -0.25) is 0 Å². The summed E-state index contributed by atoms with van der Waals surface area (Å²) < 4.78 is 17.0. The van der Waals surface area contributed by atoms with E-state index in [1.807, 2.05) is 66.7 Å². The van der Waals surface area contributed by atoms with Crippen LogP contribution in [0.2, 0.25) is 0 Å². The van der Waals surface area contributed by atoms with Crippen LogP contribution in [-0.4, -0.2) is 30.7 Å². The molecule has 0 unspecified atom stereocenters. The predicted octanol–water partition coefficient (Wildman–Crippen LogP) is 6.23. The van der Waals surface area contributed by atoms with E-state index in [9.17, 15) is 0 Å². The Morgan fingerprint density at radius 1 is 0.794 bits per heavy atom. The number of benzene rings is 3. The lowest BCUT2D eigenvalue weighted by atomic mass is 9.99. The summed E-state index contributed by atoms with van der Waals surface area (Å²) in [7, 11) is 3.28. The lowest BCUT2D eigenvalue weighted by Gasteiger charge is -2.11. The molecule has 1 N–H and O–H groups in total. The van der Waals surface area contributed by atoms with Crippen molar-refractivity contribution in [3.8, 4) is 33.9 Å². The molecule has 0 aliphatic carbocycles. The van der Waals surface area contributed by atoms with Crippen molar-refractivity contribution in [2.24, 2.45) is 0 Å². The number of hydrogen-bond acceptors (Lipinski definition) is 6. The fourth-order valence-corrected chi connectivity index (χ4v) is 4.10. The lowest BCUT2D eigenvalue weighted by Crippen LogP contribution is -2.07. The van der Waals surface area contributed by atoms with E-state index in [0.29, 0.717) is 12.3 Å². The van der Waals surface area contributed by atoms with Crippen molar-refractivity contribution in [2.45, 2.75) is 6.42 Å². The minimum absolute atomic E-state index is 0.557. The van der Waals surface area contributed by atoms with Crippen molar-refractivity contribution in [3.63, 3.8) is 0 Å². The van der Waals surface area contributed by atoms with Crippen molar-refractivity contribution >= 4 is 16.9 Å². The van der Waals surface area contributed by atoms with E-state index >= 15 is 0 Å². The Bertz CT molecular complexity index is 1400. The number of aromatic nitrogens is 2. The molecule has 3 aromatic carbocycles. The molecule has 2 heterocycles. The Hall–Kier alpha value is -4.32. The second-order valence-corrected chi connectivity index (χ2v) is 7.81. The highest BCUT2D eigenvalue weighted by Crippen LogP contribution is 2.42. The summed E-state index contributed by atoms with van der Waals surface area (Å²) in [6, 6.07) is 26.3. The van der Waals surface area contributed by atoms with Crippen LogP contribution in [0, 0.1) is 0 Å². The molecule has 6 nitrogen and oxygen atoms in total. The molecule has 5 aromatic rings. The summed E-state index contributed by atoms with van der Waals surface area (Å²) in [6.07, 6.45) is 2.32. The number of nitrogens with zero attached hydrogens (tertiary/aromatic N) is 2. The smallest absolute Gasteiger partial charge is 0.232 e. The van der Waals surface area contributed by atoms with Crippen LogP contribution in [0.15, 0.2) is 89.6 Å². The Labute approximate surface area is 198 Å². The van der Waals surface area contributed by atoms with Crippen LogP contribution in [-0.2, 0) is 6.42 Å². The van der Waals surface area contributed by atoms with E-state index < -0.39 is 0 Å². The Kier molecular flexibility index (Phi) is 6.12. The highest BCUT2D eigenvalue weighted by Gasteiger charge is 2.21. The standard InChI is InChI=1S/C28H25N3O3/c1-32-22-14-13-19(17-23(22)33-2)15-16-29-27-25-24(20-9-5-3-6-10-20)26(21-11-7-4-8-12-21)34-28(25)31-18-30-27/h3-14,17-18H,15-16H2,1-2H3,(H,29,30,31). The van der Waals surface area contributed by atoms with Crippen molar-refractivity contribution in [2.75, 3.05) is 26.1 Å². The first-order valence-electron chi connectivity index (χ1n) is 11.1. The molecule has 0 radical (unpaired) electrons. The maximum Gasteiger partial charge on any atom is 0.232 e. The quantitative estimate of drug-likeness (QED) is 0.302. The molecule has 2 aromatic heterocycles. The lowest BCUT2D eigenvalue weighted by molar-refractivity contribution is 0.354. The van der Waals surface area contributed by atoms with Crippen molar-refractivity contribution < 1.29 is 13.9 Å². The molecule has 0 fully saturated rings. The van der Waals surface area contributed by atoms with Gasteiger partial charge in [0.1, 0.15) is 17.9 Å². The van der Waals surface area contributed by atoms with Gasteiger partial charge in [0.25, 0.3) is 0 Å². The molecule has 5 rings (SSSR count). The van der Waals surface area contributed by atoms with Gasteiger partial charge in [-0.15, -0.1) is 0 Å². The molecule has 0 atom stereocenters. The van der Waals surface area contributed by atoms with Gasteiger partial charge in [0.2, 0.25) is 5.71 Å². The molecule has 170 valence electrons. The maximum atomic E-state index is 6.28. The number of fused-ring (bicyclic) bond motifs is 1. The summed E-state index contributed by atoms with van der Waals surface area (Å²) in [5.41, 5.74) is 4.72. The van der Waals surface area contributed by atoms with Crippen LogP contribution in [0.3, 0.4) is 0 Å². The number of ether oxygens (including phenoxy) is 2. The number of rotatable bonds is 8. The van der Waals surface area contributed by atoms with E-state index in [1.54, 1.807) is 14.2 Å². The van der Waals surface area contributed by atoms with E-state index in [0.717, 1.165) is 57.1 Å². The van der Waals surface area contributed by atoms with Gasteiger partial charge in [0.15, 0.2) is 11.5 Å². The van der Waals surface area contributed by atoms with Crippen LogP contribution < -0.4 is 14.8 Å².